The molecule has 0 bridgehead atoms. The lowest BCUT2D eigenvalue weighted by Crippen LogP contribution is -2.44. The van der Waals surface area contributed by atoms with E-state index in [0.29, 0.717) is 18.3 Å². The second-order valence-electron chi connectivity index (χ2n) is 10.8. The maximum absolute atomic E-state index is 11.8. The van der Waals surface area contributed by atoms with Crippen LogP contribution < -0.4 is 24.8 Å². The molecule has 1 N–H and O–H groups in total. The number of aromatic nitrogens is 2. The van der Waals surface area contributed by atoms with Gasteiger partial charge in [0.1, 0.15) is 11.6 Å². The molecule has 10 heteroatoms. The standard InChI is InChI=1S/C30H40N8O2/c1-34-15-17-38(18-16-34)24-11-9-23(10-12-24)32-30-31-19-22(29(33-30)37(4)21-39)20-36(3)26-13-14-35(2)28-25(26)7-6-8-27(28)40-5/h6-12,19,21,26H,13-18,20H2,1-5H3,(H,31,32,33). The number of para-hydroxylation sites is 1. The molecule has 0 spiro atoms. The van der Waals surface area contributed by atoms with Crippen LogP contribution in [0.3, 0.4) is 0 Å². The first-order valence-corrected chi connectivity index (χ1v) is 13.8. The number of hydrogen-bond donors (Lipinski definition) is 1. The molecular formula is C30H40N8O2. The highest BCUT2D eigenvalue weighted by molar-refractivity contribution is 5.74. The van der Waals surface area contributed by atoms with E-state index in [0.717, 1.165) is 68.2 Å². The van der Waals surface area contributed by atoms with E-state index in [2.05, 4.69) is 69.2 Å². The minimum Gasteiger partial charge on any atom is -0.495 e. The molecule has 1 saturated heterocycles. The third-order valence-electron chi connectivity index (χ3n) is 8.01. The van der Waals surface area contributed by atoms with Crippen molar-refractivity contribution in [2.24, 2.45) is 0 Å². The summed E-state index contributed by atoms with van der Waals surface area (Å²) in [6.07, 6.45) is 3.59. The van der Waals surface area contributed by atoms with Gasteiger partial charge in [0.2, 0.25) is 12.4 Å². The summed E-state index contributed by atoms with van der Waals surface area (Å²) in [5, 5.41) is 3.31. The topological polar surface area (TPSA) is 80.3 Å². The molecule has 1 unspecified atom stereocenters. The van der Waals surface area contributed by atoms with Crippen molar-refractivity contribution in [2.45, 2.75) is 19.0 Å². The number of hydrogen-bond acceptors (Lipinski definition) is 9. The fourth-order valence-electron chi connectivity index (χ4n) is 5.68. The molecule has 1 amide bonds. The zero-order chi connectivity index (χ0) is 28.2. The highest BCUT2D eigenvalue weighted by Gasteiger charge is 2.29. The SMILES string of the molecule is COc1cccc2c1N(C)CCC2N(C)Cc1cnc(Nc2ccc(N3CCN(C)CC3)cc2)nc1N(C)C=O. The van der Waals surface area contributed by atoms with Crippen LogP contribution in [0.1, 0.15) is 23.6 Å². The van der Waals surface area contributed by atoms with Crippen LogP contribution in [-0.4, -0.2) is 94.2 Å². The van der Waals surface area contributed by atoms with E-state index in [9.17, 15) is 4.79 Å². The molecule has 3 heterocycles. The van der Waals surface area contributed by atoms with E-state index >= 15 is 0 Å². The lowest BCUT2D eigenvalue weighted by Gasteiger charge is -2.38. The molecule has 40 heavy (non-hydrogen) atoms. The van der Waals surface area contributed by atoms with Crippen molar-refractivity contribution < 1.29 is 9.53 Å². The summed E-state index contributed by atoms with van der Waals surface area (Å²) in [5.41, 5.74) is 5.37. The number of nitrogens with one attached hydrogen (secondary N) is 1. The van der Waals surface area contributed by atoms with Gasteiger partial charge in [-0.1, -0.05) is 12.1 Å². The number of carbonyl (C=O) groups excluding carboxylic acids is 1. The van der Waals surface area contributed by atoms with Crippen molar-refractivity contribution in [1.82, 2.24) is 19.8 Å². The molecule has 0 aliphatic carbocycles. The summed E-state index contributed by atoms with van der Waals surface area (Å²) in [6, 6.07) is 14.8. The van der Waals surface area contributed by atoms with Gasteiger partial charge in [-0.05, 0) is 56.4 Å². The Morgan fingerprint density at radius 1 is 1.05 bits per heavy atom. The first-order valence-electron chi connectivity index (χ1n) is 13.8. The zero-order valence-electron chi connectivity index (χ0n) is 24.2. The van der Waals surface area contributed by atoms with Crippen molar-refractivity contribution in [3.05, 3.63) is 59.8 Å². The summed E-state index contributed by atoms with van der Waals surface area (Å²) in [4.78, 5) is 32.0. The van der Waals surface area contributed by atoms with Gasteiger partial charge in [-0.2, -0.15) is 4.98 Å². The molecule has 1 atom stereocenters. The second kappa shape index (κ2) is 12.1. The van der Waals surface area contributed by atoms with Crippen LogP contribution in [0.2, 0.25) is 0 Å². The fourth-order valence-corrected chi connectivity index (χ4v) is 5.68. The molecule has 212 valence electrons. The smallest absolute Gasteiger partial charge is 0.229 e. The molecule has 1 aromatic heterocycles. The highest BCUT2D eigenvalue weighted by Crippen LogP contribution is 2.42. The molecule has 0 saturated carbocycles. The van der Waals surface area contributed by atoms with Gasteiger partial charge in [-0.3, -0.25) is 9.69 Å². The van der Waals surface area contributed by atoms with E-state index in [1.165, 1.54) is 16.2 Å². The summed E-state index contributed by atoms with van der Waals surface area (Å²) >= 11 is 0. The summed E-state index contributed by atoms with van der Waals surface area (Å²) in [7, 11) is 9.82. The van der Waals surface area contributed by atoms with E-state index < -0.39 is 0 Å². The molecule has 10 nitrogen and oxygen atoms in total. The van der Waals surface area contributed by atoms with E-state index in [4.69, 9.17) is 9.72 Å². The van der Waals surface area contributed by atoms with Gasteiger partial charge in [0, 0.05) is 82.5 Å². The van der Waals surface area contributed by atoms with Crippen molar-refractivity contribution in [1.29, 1.82) is 0 Å². The van der Waals surface area contributed by atoms with Gasteiger partial charge in [0.05, 0.1) is 12.8 Å². The van der Waals surface area contributed by atoms with Crippen molar-refractivity contribution >= 4 is 35.2 Å². The van der Waals surface area contributed by atoms with Gasteiger partial charge >= 0.3 is 0 Å². The minimum absolute atomic E-state index is 0.201. The van der Waals surface area contributed by atoms with E-state index in [-0.39, 0.29) is 6.04 Å². The summed E-state index contributed by atoms with van der Waals surface area (Å²) < 4.78 is 5.66. The number of likely N-dealkylation sites (N-methyl/N-ethyl adjacent to an activating group) is 1. The lowest BCUT2D eigenvalue weighted by molar-refractivity contribution is -0.107. The van der Waals surface area contributed by atoms with Gasteiger partial charge in [-0.25, -0.2) is 4.98 Å². The second-order valence-corrected chi connectivity index (χ2v) is 10.8. The fraction of sp³-hybridized carbons (Fsp3) is 0.433. The minimum atomic E-state index is 0.201. The van der Waals surface area contributed by atoms with Gasteiger partial charge in [-0.15, -0.1) is 0 Å². The van der Waals surface area contributed by atoms with E-state index in [1.807, 2.05) is 30.5 Å². The Bertz CT molecular complexity index is 1310. The van der Waals surface area contributed by atoms with Crippen molar-refractivity contribution in [3.8, 4) is 5.75 Å². The average molecular weight is 545 g/mol. The molecular weight excluding hydrogens is 504 g/mol. The third kappa shape index (κ3) is 5.83. The largest absolute Gasteiger partial charge is 0.495 e. The lowest BCUT2D eigenvalue weighted by atomic mass is 9.94. The van der Waals surface area contributed by atoms with Crippen molar-refractivity contribution in [3.63, 3.8) is 0 Å². The Labute approximate surface area is 237 Å². The number of nitrogens with zero attached hydrogens (tertiary/aromatic N) is 7. The van der Waals surface area contributed by atoms with Crippen LogP contribution in [0, 0.1) is 0 Å². The molecule has 5 rings (SSSR count). The zero-order valence-corrected chi connectivity index (χ0v) is 24.2. The number of fused-ring (bicyclic) bond motifs is 1. The maximum Gasteiger partial charge on any atom is 0.229 e. The number of amides is 1. The molecule has 0 radical (unpaired) electrons. The van der Waals surface area contributed by atoms with Gasteiger partial charge in [0.25, 0.3) is 0 Å². The van der Waals surface area contributed by atoms with Crippen LogP contribution in [0.5, 0.6) is 5.75 Å². The molecule has 2 aliphatic rings. The number of benzene rings is 2. The van der Waals surface area contributed by atoms with Crippen LogP contribution >= 0.6 is 0 Å². The molecule has 3 aromatic rings. The number of anilines is 5. The van der Waals surface area contributed by atoms with Crippen LogP contribution in [0.15, 0.2) is 48.7 Å². The average Bonchev–Trinajstić information content (AvgIpc) is 2.98. The van der Waals surface area contributed by atoms with Gasteiger partial charge in [0.15, 0.2) is 0 Å². The Kier molecular flexibility index (Phi) is 8.37. The Morgan fingerprint density at radius 3 is 2.50 bits per heavy atom. The predicted molar refractivity (Wildman–Crippen MR) is 161 cm³/mol. The third-order valence-corrected chi connectivity index (χ3v) is 8.01. The Morgan fingerprint density at radius 2 is 1.80 bits per heavy atom. The molecule has 1 fully saturated rings. The number of carbonyl (C=O) groups is 1. The van der Waals surface area contributed by atoms with Crippen molar-refractivity contribution in [2.75, 3.05) is 88.0 Å². The van der Waals surface area contributed by atoms with Crippen LogP contribution in [0.25, 0.3) is 0 Å². The Balaban J connectivity index is 1.32. The van der Waals surface area contributed by atoms with Crippen LogP contribution in [-0.2, 0) is 11.3 Å². The van der Waals surface area contributed by atoms with E-state index in [1.54, 1.807) is 14.2 Å². The predicted octanol–water partition coefficient (Wildman–Crippen LogP) is 3.59. The highest BCUT2D eigenvalue weighted by atomic mass is 16.5. The molecule has 2 aliphatic heterocycles. The Hall–Kier alpha value is -3.89. The van der Waals surface area contributed by atoms with Gasteiger partial charge < -0.3 is 29.7 Å². The number of piperazine rings is 1. The first-order chi connectivity index (χ1) is 19.4. The number of rotatable bonds is 9. The number of methoxy groups -OCH3 is 1. The monoisotopic (exact) mass is 544 g/mol. The quantitative estimate of drug-likeness (QED) is 0.407. The number of ether oxygens (including phenoxy) is 1. The maximum atomic E-state index is 11.8. The molecule has 2 aromatic carbocycles. The van der Waals surface area contributed by atoms with Crippen LogP contribution in [0.4, 0.5) is 28.8 Å². The normalized spacial score (nSPS) is 17.5. The summed E-state index contributed by atoms with van der Waals surface area (Å²) in [6.45, 7) is 5.72. The first kappa shape index (κ1) is 27.7. The summed E-state index contributed by atoms with van der Waals surface area (Å²) in [5.74, 6) is 1.93.